The van der Waals surface area contributed by atoms with Gasteiger partial charge in [0.25, 0.3) is 0 Å². The van der Waals surface area contributed by atoms with Gasteiger partial charge in [-0.2, -0.15) is 0 Å². The average Bonchev–Trinajstić information content (AvgIpc) is 2.87. The minimum atomic E-state index is -0.466. The average molecular weight is 443 g/mol. The first kappa shape index (κ1) is 22.8. The molecule has 0 spiro atoms. The highest BCUT2D eigenvalue weighted by atomic mass is 16.6. The lowest BCUT2D eigenvalue weighted by atomic mass is 9.81. The van der Waals surface area contributed by atoms with E-state index in [-0.39, 0.29) is 0 Å². The van der Waals surface area contributed by atoms with E-state index in [0.717, 1.165) is 24.0 Å². The van der Waals surface area contributed by atoms with Crippen molar-refractivity contribution in [2.75, 3.05) is 0 Å². The van der Waals surface area contributed by atoms with Crippen LogP contribution in [0.3, 0.4) is 0 Å². The third-order valence-electron chi connectivity index (χ3n) is 6.44. The quantitative estimate of drug-likeness (QED) is 0.303. The summed E-state index contributed by atoms with van der Waals surface area (Å²) in [5.74, 6) is 0.198. The minimum absolute atomic E-state index is 0.340. The zero-order valence-electron chi connectivity index (χ0n) is 19.3. The molecule has 1 aliphatic carbocycles. The number of hydrogen-bond acceptors (Lipinski definition) is 4. The number of carbonyl (C=O) groups excluding carboxylic acids is 2. The number of hydrogen-bond donors (Lipinski definition) is 0. The van der Waals surface area contributed by atoms with Crippen molar-refractivity contribution in [3.8, 4) is 11.5 Å². The van der Waals surface area contributed by atoms with Crippen LogP contribution < -0.4 is 9.47 Å². The molecule has 3 aromatic rings. The van der Waals surface area contributed by atoms with E-state index in [1.54, 1.807) is 48.5 Å². The molecule has 1 aliphatic rings. The Labute approximate surface area is 195 Å². The fourth-order valence-electron chi connectivity index (χ4n) is 4.60. The zero-order chi connectivity index (χ0) is 23.2. The van der Waals surface area contributed by atoms with Crippen LogP contribution in [0.2, 0.25) is 0 Å². The highest BCUT2D eigenvalue weighted by molar-refractivity contribution is 5.93. The van der Waals surface area contributed by atoms with Gasteiger partial charge in [0, 0.05) is 0 Å². The third-order valence-corrected chi connectivity index (χ3v) is 6.44. The van der Waals surface area contributed by atoms with Gasteiger partial charge in [-0.1, -0.05) is 68.7 Å². The summed E-state index contributed by atoms with van der Waals surface area (Å²) in [6.45, 7) is 3.99. The number of ether oxygens (including phenoxy) is 2. The maximum Gasteiger partial charge on any atom is 0.343 e. The fraction of sp³-hybridized carbons (Fsp3) is 0.310. The topological polar surface area (TPSA) is 52.6 Å². The van der Waals surface area contributed by atoms with Crippen molar-refractivity contribution in [2.24, 2.45) is 0 Å². The highest BCUT2D eigenvalue weighted by Gasteiger charge is 2.27. The zero-order valence-corrected chi connectivity index (χ0v) is 19.3. The van der Waals surface area contributed by atoms with Gasteiger partial charge in [0.2, 0.25) is 0 Å². The lowest BCUT2D eigenvalue weighted by molar-refractivity contribution is 0.0679. The number of carbonyl (C=O) groups is 2. The van der Waals surface area contributed by atoms with Gasteiger partial charge in [0.1, 0.15) is 0 Å². The smallest absolute Gasteiger partial charge is 0.343 e. The molecule has 0 bridgehead atoms. The van der Waals surface area contributed by atoms with Crippen LogP contribution in [0.4, 0.5) is 0 Å². The van der Waals surface area contributed by atoms with Crippen LogP contribution in [-0.2, 0) is 6.42 Å². The van der Waals surface area contributed by atoms with Crippen LogP contribution in [0.15, 0.2) is 66.7 Å². The van der Waals surface area contributed by atoms with E-state index >= 15 is 0 Å². The molecule has 0 radical (unpaired) electrons. The van der Waals surface area contributed by atoms with E-state index in [2.05, 4.69) is 6.07 Å². The first-order valence-corrected chi connectivity index (χ1v) is 11.8. The second-order valence-electron chi connectivity index (χ2n) is 8.61. The molecule has 0 saturated heterocycles. The number of esters is 2. The van der Waals surface area contributed by atoms with E-state index in [4.69, 9.17) is 9.47 Å². The maximum atomic E-state index is 13.0. The summed E-state index contributed by atoms with van der Waals surface area (Å²) in [4.78, 5) is 25.9. The molecule has 0 N–H and O–H groups in total. The summed E-state index contributed by atoms with van der Waals surface area (Å²) in [5.41, 5.74) is 3.86. The lowest BCUT2D eigenvalue weighted by Gasteiger charge is -2.26. The first-order valence-electron chi connectivity index (χ1n) is 11.8. The molecule has 1 saturated carbocycles. The summed E-state index contributed by atoms with van der Waals surface area (Å²) >= 11 is 0. The van der Waals surface area contributed by atoms with Crippen LogP contribution in [0.1, 0.15) is 82.4 Å². The molecule has 0 aromatic heterocycles. The molecule has 0 unspecified atom stereocenters. The summed E-state index contributed by atoms with van der Waals surface area (Å²) < 4.78 is 11.9. The van der Waals surface area contributed by atoms with Crippen LogP contribution in [0.5, 0.6) is 11.5 Å². The van der Waals surface area contributed by atoms with Crippen LogP contribution in [0, 0.1) is 6.92 Å². The molecule has 33 heavy (non-hydrogen) atoms. The predicted octanol–water partition coefficient (Wildman–Crippen LogP) is 7.04. The van der Waals surface area contributed by atoms with E-state index in [1.807, 2.05) is 26.0 Å². The molecular weight excluding hydrogens is 412 g/mol. The fourth-order valence-corrected chi connectivity index (χ4v) is 4.60. The Balaban J connectivity index is 1.78. The standard InChI is InChI=1S/C29H30O4/c1-3-21-19-25(22-13-7-4-8-14-22)20(2)26(32-28(30)23-15-9-5-10-16-23)27(21)33-29(31)24-17-11-6-12-18-24/h5-6,9-12,15-19,22H,3-4,7-8,13-14H2,1-2H3. The molecule has 0 heterocycles. The van der Waals surface area contributed by atoms with Gasteiger partial charge in [-0.05, 0) is 73.1 Å². The second kappa shape index (κ2) is 10.5. The summed E-state index contributed by atoms with van der Waals surface area (Å²) in [5, 5.41) is 0. The van der Waals surface area contributed by atoms with Crippen molar-refractivity contribution in [3.05, 3.63) is 94.5 Å². The van der Waals surface area contributed by atoms with Crippen molar-refractivity contribution < 1.29 is 19.1 Å². The molecule has 3 aromatic carbocycles. The van der Waals surface area contributed by atoms with E-state index in [1.165, 1.54) is 24.8 Å². The molecule has 4 heteroatoms. The van der Waals surface area contributed by atoms with Crippen LogP contribution in [0.25, 0.3) is 0 Å². The van der Waals surface area contributed by atoms with Crippen molar-refractivity contribution in [2.45, 2.75) is 58.3 Å². The van der Waals surface area contributed by atoms with E-state index in [9.17, 15) is 9.59 Å². The van der Waals surface area contributed by atoms with Crippen molar-refractivity contribution in [1.29, 1.82) is 0 Å². The third kappa shape index (κ3) is 5.16. The minimum Gasteiger partial charge on any atom is -0.419 e. The van der Waals surface area contributed by atoms with Crippen molar-refractivity contribution >= 4 is 11.9 Å². The Bertz CT molecular complexity index is 1110. The van der Waals surface area contributed by atoms with Gasteiger partial charge >= 0.3 is 11.9 Å². The number of rotatable bonds is 6. The predicted molar refractivity (Wildman–Crippen MR) is 129 cm³/mol. The first-order chi connectivity index (χ1) is 16.1. The summed E-state index contributed by atoms with van der Waals surface area (Å²) in [6.07, 6.45) is 6.58. The van der Waals surface area contributed by atoms with Gasteiger partial charge in [-0.15, -0.1) is 0 Å². The van der Waals surface area contributed by atoms with Gasteiger partial charge in [0.15, 0.2) is 11.5 Å². The van der Waals surface area contributed by atoms with E-state index < -0.39 is 11.9 Å². The molecule has 0 aliphatic heterocycles. The van der Waals surface area contributed by atoms with Gasteiger partial charge < -0.3 is 9.47 Å². The summed E-state index contributed by atoms with van der Waals surface area (Å²) in [7, 11) is 0. The monoisotopic (exact) mass is 442 g/mol. The van der Waals surface area contributed by atoms with Crippen molar-refractivity contribution in [3.63, 3.8) is 0 Å². The van der Waals surface area contributed by atoms with Gasteiger partial charge in [-0.25, -0.2) is 9.59 Å². The SMILES string of the molecule is CCc1cc(C2CCCCC2)c(C)c(OC(=O)c2ccccc2)c1OC(=O)c1ccccc1. The molecule has 0 amide bonds. The van der Waals surface area contributed by atoms with Crippen LogP contribution in [-0.4, -0.2) is 11.9 Å². The Morgan fingerprint density at radius 3 is 1.82 bits per heavy atom. The highest BCUT2D eigenvalue weighted by Crippen LogP contribution is 2.44. The Hall–Kier alpha value is -3.40. The van der Waals surface area contributed by atoms with E-state index in [0.29, 0.717) is 35.0 Å². The Morgan fingerprint density at radius 1 is 0.788 bits per heavy atom. The van der Waals surface area contributed by atoms with Crippen LogP contribution >= 0.6 is 0 Å². The molecule has 0 atom stereocenters. The lowest BCUT2D eigenvalue weighted by Crippen LogP contribution is -2.16. The van der Waals surface area contributed by atoms with Gasteiger partial charge in [-0.3, -0.25) is 0 Å². The Kier molecular flexibility index (Phi) is 7.23. The molecule has 4 rings (SSSR count). The molecular formula is C29H30O4. The number of aryl methyl sites for hydroxylation is 1. The summed E-state index contributed by atoms with van der Waals surface area (Å²) in [6, 6.07) is 19.9. The van der Waals surface area contributed by atoms with Crippen molar-refractivity contribution in [1.82, 2.24) is 0 Å². The molecule has 1 fully saturated rings. The second-order valence-corrected chi connectivity index (χ2v) is 8.61. The number of benzene rings is 3. The molecule has 170 valence electrons. The maximum absolute atomic E-state index is 13.0. The molecule has 4 nitrogen and oxygen atoms in total. The largest absolute Gasteiger partial charge is 0.419 e. The normalized spacial score (nSPS) is 14.0. The van der Waals surface area contributed by atoms with Gasteiger partial charge in [0.05, 0.1) is 11.1 Å². The Morgan fingerprint density at radius 2 is 1.30 bits per heavy atom.